The molecule has 188 valence electrons. The quantitative estimate of drug-likeness (QED) is 0.179. The predicted octanol–water partition coefficient (Wildman–Crippen LogP) is 4.50. The fourth-order valence-corrected chi connectivity index (χ4v) is 4.83. The number of carbonyl (C=O) groups excluding carboxylic acids is 1. The molecule has 8 nitrogen and oxygen atoms in total. The van der Waals surface area contributed by atoms with Crippen LogP contribution < -0.4 is 21.1 Å². The number of ether oxygens (including phenoxy) is 2. The van der Waals surface area contributed by atoms with Crippen molar-refractivity contribution < 1.29 is 24.5 Å². The number of halogens is 1. The molecule has 0 fully saturated rings. The summed E-state index contributed by atoms with van der Waals surface area (Å²) in [5.41, 5.74) is 7.08. The Balaban J connectivity index is 0.00000304. The van der Waals surface area contributed by atoms with Gasteiger partial charge >= 0.3 is 5.97 Å². The third-order valence-electron chi connectivity index (χ3n) is 6.20. The number of phenolic OH excluding ortho intramolecular Hbond substituents is 2. The molecule has 0 atom stereocenters. The minimum absolute atomic E-state index is 0. The topological polar surface area (TPSA) is 126 Å². The monoisotopic (exact) mass is 527 g/mol. The molecule has 0 saturated heterocycles. The van der Waals surface area contributed by atoms with Crippen LogP contribution in [0.4, 0.5) is 5.69 Å². The van der Waals surface area contributed by atoms with E-state index >= 15 is 0 Å². The number of unbranched alkanes of at least 4 members (excludes halogenated alkanes) is 2. The summed E-state index contributed by atoms with van der Waals surface area (Å²) in [5, 5.41) is 26.8. The fourth-order valence-electron chi connectivity index (χ4n) is 4.61. The number of carbonyl (C=O) groups is 1. The highest BCUT2D eigenvalue weighted by Gasteiger charge is 2.53. The van der Waals surface area contributed by atoms with E-state index in [0.717, 1.165) is 25.8 Å². The first kappa shape index (κ1) is 25.6. The van der Waals surface area contributed by atoms with Crippen LogP contribution in [0.1, 0.15) is 46.3 Å². The molecule has 0 radical (unpaired) electrons. The number of esters is 1. The lowest BCUT2D eigenvalue weighted by Crippen LogP contribution is -2.33. The second-order valence-corrected chi connectivity index (χ2v) is 8.93. The summed E-state index contributed by atoms with van der Waals surface area (Å²) in [5.74, 6) is 0.201. The Morgan fingerprint density at radius 2 is 1.56 bits per heavy atom. The van der Waals surface area contributed by atoms with Crippen LogP contribution in [0, 0.1) is 0 Å². The molecule has 0 aliphatic carbocycles. The van der Waals surface area contributed by atoms with Gasteiger partial charge in [0.15, 0.2) is 10.7 Å². The molecule has 3 aromatic rings. The van der Waals surface area contributed by atoms with E-state index < -0.39 is 11.6 Å². The number of phenols is 2. The van der Waals surface area contributed by atoms with Gasteiger partial charge < -0.3 is 36.1 Å². The van der Waals surface area contributed by atoms with Crippen LogP contribution in [-0.4, -0.2) is 34.4 Å². The molecule has 0 saturated carbocycles. The van der Waals surface area contributed by atoms with E-state index in [-0.39, 0.29) is 23.9 Å². The molecule has 5 rings (SSSR count). The molecule has 0 unspecified atom stereocenters. The van der Waals surface area contributed by atoms with Crippen molar-refractivity contribution in [2.24, 2.45) is 5.73 Å². The van der Waals surface area contributed by atoms with Gasteiger partial charge in [0.05, 0.1) is 5.56 Å². The molecule has 0 bridgehead atoms. The Hall–Kier alpha value is -3.53. The Labute approximate surface area is 219 Å². The van der Waals surface area contributed by atoms with Crippen molar-refractivity contribution in [2.45, 2.75) is 24.9 Å². The van der Waals surface area contributed by atoms with Crippen LogP contribution in [0.5, 0.6) is 23.0 Å². The third-order valence-corrected chi connectivity index (χ3v) is 6.44. The zero-order chi connectivity index (χ0) is 24.6. The van der Waals surface area contributed by atoms with Crippen molar-refractivity contribution in [1.29, 1.82) is 0 Å². The van der Waals surface area contributed by atoms with Crippen LogP contribution >= 0.6 is 24.6 Å². The van der Waals surface area contributed by atoms with Crippen molar-refractivity contribution in [3.8, 4) is 23.0 Å². The van der Waals surface area contributed by atoms with Crippen molar-refractivity contribution >= 4 is 41.4 Å². The number of nitrogens with two attached hydrogens (primary N) is 1. The second kappa shape index (κ2) is 10.2. The molecule has 3 aromatic carbocycles. The van der Waals surface area contributed by atoms with E-state index in [2.05, 4.69) is 10.6 Å². The summed E-state index contributed by atoms with van der Waals surface area (Å²) >= 11 is 5.39. The van der Waals surface area contributed by atoms with Crippen LogP contribution in [0.15, 0.2) is 54.6 Å². The fraction of sp³-hybridized carbons (Fsp3) is 0.231. The number of hydrogen-bond donors (Lipinski definition) is 5. The number of benzene rings is 3. The zero-order valence-corrected chi connectivity index (χ0v) is 20.9. The van der Waals surface area contributed by atoms with Crippen molar-refractivity contribution in [1.82, 2.24) is 5.32 Å². The van der Waals surface area contributed by atoms with Gasteiger partial charge in [-0.15, -0.1) is 12.4 Å². The summed E-state index contributed by atoms with van der Waals surface area (Å²) in [6, 6.07) is 14.7. The van der Waals surface area contributed by atoms with Gasteiger partial charge in [-0.05, 0) is 68.0 Å². The van der Waals surface area contributed by atoms with Crippen molar-refractivity contribution in [3.05, 3.63) is 76.9 Å². The highest BCUT2D eigenvalue weighted by atomic mass is 35.5. The number of nitrogens with one attached hydrogen (secondary N) is 2. The lowest BCUT2D eigenvalue weighted by Gasteiger charge is -2.36. The molecular formula is C26H26ClN3O5S. The smallest absolute Gasteiger partial charge is 0.340 e. The maximum atomic E-state index is 13.2. The standard InChI is InChI=1S/C26H25N3O5S.ClH/c27-10-2-1-3-11-28-25(35)29-15-4-7-19-18(12-15)24(32)34-26(19)20-8-5-16(30)13-22(20)33-23-14-17(31)6-9-21(23)26;/h4-9,12-14,30-31H,1-3,10-11,27H2,(H2,28,29,35);1H. The number of rotatable bonds is 6. The summed E-state index contributed by atoms with van der Waals surface area (Å²) in [6.45, 7) is 1.41. The van der Waals surface area contributed by atoms with Crippen LogP contribution in [-0.2, 0) is 10.3 Å². The van der Waals surface area contributed by atoms with Gasteiger partial charge in [-0.1, -0.05) is 12.5 Å². The predicted molar refractivity (Wildman–Crippen MR) is 142 cm³/mol. The molecule has 2 aliphatic rings. The first-order chi connectivity index (χ1) is 16.9. The molecule has 1 spiro atoms. The van der Waals surface area contributed by atoms with Crippen LogP contribution in [0.2, 0.25) is 0 Å². The Morgan fingerprint density at radius 3 is 2.19 bits per heavy atom. The minimum atomic E-state index is -1.28. The number of hydrogen-bond acceptors (Lipinski definition) is 7. The van der Waals surface area contributed by atoms with E-state index in [4.69, 9.17) is 27.4 Å². The van der Waals surface area contributed by atoms with Crippen LogP contribution in [0.25, 0.3) is 0 Å². The average Bonchev–Trinajstić information content (AvgIpc) is 3.11. The Bertz CT molecular complexity index is 1280. The molecule has 0 amide bonds. The summed E-state index contributed by atoms with van der Waals surface area (Å²) in [7, 11) is 0. The van der Waals surface area contributed by atoms with Gasteiger partial charge in [-0.2, -0.15) is 0 Å². The van der Waals surface area contributed by atoms with E-state index in [1.165, 1.54) is 24.3 Å². The maximum absolute atomic E-state index is 13.2. The van der Waals surface area contributed by atoms with Gasteiger partial charge in [0, 0.05) is 41.1 Å². The van der Waals surface area contributed by atoms with Gasteiger partial charge in [0.25, 0.3) is 0 Å². The van der Waals surface area contributed by atoms with Crippen molar-refractivity contribution in [3.63, 3.8) is 0 Å². The largest absolute Gasteiger partial charge is 0.508 e. The summed E-state index contributed by atoms with van der Waals surface area (Å²) in [6.07, 6.45) is 2.97. The zero-order valence-electron chi connectivity index (χ0n) is 19.2. The normalized spacial score (nSPS) is 14.0. The lowest BCUT2D eigenvalue weighted by atomic mass is 9.77. The highest BCUT2D eigenvalue weighted by Crippen LogP contribution is 2.57. The third kappa shape index (κ3) is 4.41. The number of aromatic hydroxyl groups is 2. The molecule has 6 N–H and O–H groups in total. The maximum Gasteiger partial charge on any atom is 0.340 e. The first-order valence-corrected chi connectivity index (χ1v) is 11.8. The average molecular weight is 528 g/mol. The van der Waals surface area contributed by atoms with Gasteiger partial charge in [0.2, 0.25) is 0 Å². The van der Waals surface area contributed by atoms with Gasteiger partial charge in [0.1, 0.15) is 23.0 Å². The lowest BCUT2D eigenvalue weighted by molar-refractivity contribution is 0.0224. The highest BCUT2D eigenvalue weighted by molar-refractivity contribution is 7.80. The molecular weight excluding hydrogens is 502 g/mol. The number of thiocarbonyl (C=S) groups is 1. The number of anilines is 1. The van der Waals surface area contributed by atoms with Gasteiger partial charge in [-0.3, -0.25) is 0 Å². The van der Waals surface area contributed by atoms with E-state index in [9.17, 15) is 15.0 Å². The molecule has 2 heterocycles. The summed E-state index contributed by atoms with van der Waals surface area (Å²) in [4.78, 5) is 13.2. The minimum Gasteiger partial charge on any atom is -0.508 e. The SMILES string of the molecule is Cl.NCCCCCNC(=S)Nc1ccc2c(c1)C(=O)OC21c2ccc(O)cc2Oc2cc(O)ccc21. The van der Waals surface area contributed by atoms with E-state index in [1.807, 2.05) is 12.1 Å². The molecule has 2 aliphatic heterocycles. The number of fused-ring (bicyclic) bond motifs is 6. The molecule has 0 aromatic heterocycles. The van der Waals surface area contributed by atoms with Gasteiger partial charge in [-0.25, -0.2) is 4.79 Å². The van der Waals surface area contributed by atoms with E-state index in [0.29, 0.717) is 51.1 Å². The van der Waals surface area contributed by atoms with E-state index in [1.54, 1.807) is 18.2 Å². The van der Waals surface area contributed by atoms with Crippen molar-refractivity contribution in [2.75, 3.05) is 18.4 Å². The second-order valence-electron chi connectivity index (χ2n) is 8.52. The Morgan fingerprint density at radius 1 is 0.917 bits per heavy atom. The Kier molecular flexibility index (Phi) is 7.26. The molecule has 10 heteroatoms. The van der Waals surface area contributed by atoms with Crippen LogP contribution in [0.3, 0.4) is 0 Å². The first-order valence-electron chi connectivity index (χ1n) is 11.4. The summed E-state index contributed by atoms with van der Waals surface area (Å²) < 4.78 is 12.0. The molecule has 36 heavy (non-hydrogen) atoms.